The molecule has 1 atom stereocenters. The molecular formula is C14H12Cl2F2N2O. The predicted molar refractivity (Wildman–Crippen MR) is 77.7 cm³/mol. The summed E-state index contributed by atoms with van der Waals surface area (Å²) < 4.78 is 27.0. The maximum absolute atomic E-state index is 13.8. The van der Waals surface area contributed by atoms with Crippen LogP contribution in [0.3, 0.4) is 0 Å². The number of halogens is 4. The summed E-state index contributed by atoms with van der Waals surface area (Å²) in [7, 11) is 1.49. The minimum Gasteiger partial charge on any atom is -0.340 e. The molecule has 1 aromatic carbocycles. The molecule has 0 aliphatic carbocycles. The third kappa shape index (κ3) is 3.19. The average molecular weight is 333 g/mol. The number of carbonyl (C=O) groups excluding carboxylic acids is 1. The molecule has 0 saturated heterocycles. The van der Waals surface area contributed by atoms with E-state index >= 15 is 0 Å². The van der Waals surface area contributed by atoms with Crippen LogP contribution in [0.15, 0.2) is 24.3 Å². The van der Waals surface area contributed by atoms with Gasteiger partial charge in [0.25, 0.3) is 5.91 Å². The molecule has 1 unspecified atom stereocenters. The highest BCUT2D eigenvalue weighted by atomic mass is 35.5. The molecule has 1 N–H and O–H groups in total. The van der Waals surface area contributed by atoms with Gasteiger partial charge < -0.3 is 9.88 Å². The second-order valence-corrected chi connectivity index (χ2v) is 5.39. The van der Waals surface area contributed by atoms with E-state index in [2.05, 4.69) is 4.98 Å². The van der Waals surface area contributed by atoms with Crippen molar-refractivity contribution in [3.05, 3.63) is 57.3 Å². The first-order valence-corrected chi connectivity index (χ1v) is 6.83. The predicted octanol–water partition coefficient (Wildman–Crippen LogP) is 4.43. The minimum absolute atomic E-state index is 0.0922. The van der Waals surface area contributed by atoms with E-state index in [0.717, 1.165) is 18.2 Å². The van der Waals surface area contributed by atoms with E-state index in [1.165, 1.54) is 18.0 Å². The number of aromatic amines is 1. The molecule has 1 aromatic heterocycles. The quantitative estimate of drug-likeness (QED) is 0.886. The molecule has 1 heterocycles. The normalized spacial score (nSPS) is 12.3. The van der Waals surface area contributed by atoms with Gasteiger partial charge in [-0.2, -0.15) is 0 Å². The smallest absolute Gasteiger partial charge is 0.270 e. The Labute approximate surface area is 130 Å². The summed E-state index contributed by atoms with van der Waals surface area (Å²) >= 11 is 11.5. The lowest BCUT2D eigenvalue weighted by Gasteiger charge is -2.25. The Morgan fingerprint density at radius 3 is 2.52 bits per heavy atom. The molecule has 0 saturated carbocycles. The Morgan fingerprint density at radius 1 is 1.29 bits per heavy atom. The van der Waals surface area contributed by atoms with Crippen LogP contribution in [0.2, 0.25) is 10.2 Å². The number of hydrogen-bond acceptors (Lipinski definition) is 1. The van der Waals surface area contributed by atoms with Gasteiger partial charge in [-0.15, -0.1) is 0 Å². The van der Waals surface area contributed by atoms with Crippen molar-refractivity contribution in [2.24, 2.45) is 0 Å². The van der Waals surface area contributed by atoms with E-state index in [9.17, 15) is 13.6 Å². The van der Waals surface area contributed by atoms with Gasteiger partial charge in [-0.3, -0.25) is 4.79 Å². The molecule has 7 heteroatoms. The largest absolute Gasteiger partial charge is 0.340 e. The van der Waals surface area contributed by atoms with Crippen LogP contribution in [-0.2, 0) is 0 Å². The van der Waals surface area contributed by atoms with Gasteiger partial charge in [0.2, 0.25) is 0 Å². The molecule has 21 heavy (non-hydrogen) atoms. The first kappa shape index (κ1) is 15.8. The monoisotopic (exact) mass is 332 g/mol. The first-order chi connectivity index (χ1) is 9.81. The van der Waals surface area contributed by atoms with Gasteiger partial charge in [0.1, 0.15) is 22.5 Å². The number of nitrogens with zero attached hydrogens (tertiary/aromatic N) is 1. The van der Waals surface area contributed by atoms with E-state index in [1.54, 1.807) is 6.92 Å². The zero-order valence-corrected chi connectivity index (χ0v) is 12.8. The van der Waals surface area contributed by atoms with Crippen molar-refractivity contribution in [3.63, 3.8) is 0 Å². The van der Waals surface area contributed by atoms with Crippen LogP contribution in [-0.4, -0.2) is 22.8 Å². The molecule has 0 aliphatic heterocycles. The van der Waals surface area contributed by atoms with Gasteiger partial charge in [0.05, 0.1) is 11.1 Å². The van der Waals surface area contributed by atoms with Gasteiger partial charge in [0.15, 0.2) is 0 Å². The highest BCUT2D eigenvalue weighted by Gasteiger charge is 2.23. The summed E-state index contributed by atoms with van der Waals surface area (Å²) in [5.74, 6) is -1.57. The highest BCUT2D eigenvalue weighted by molar-refractivity contribution is 6.41. The number of nitrogens with one attached hydrogen (secondary N) is 1. The van der Waals surface area contributed by atoms with Crippen LogP contribution >= 0.6 is 23.2 Å². The molecule has 0 aliphatic rings. The van der Waals surface area contributed by atoms with Crippen molar-refractivity contribution >= 4 is 29.1 Å². The van der Waals surface area contributed by atoms with E-state index in [4.69, 9.17) is 23.2 Å². The lowest BCUT2D eigenvalue weighted by atomic mass is 10.1. The average Bonchev–Trinajstić information content (AvgIpc) is 2.79. The van der Waals surface area contributed by atoms with E-state index in [0.29, 0.717) is 0 Å². The maximum Gasteiger partial charge on any atom is 0.270 e. The van der Waals surface area contributed by atoms with Crippen LogP contribution in [0.5, 0.6) is 0 Å². The molecule has 0 spiro atoms. The third-order valence-electron chi connectivity index (χ3n) is 3.26. The summed E-state index contributed by atoms with van der Waals surface area (Å²) in [6, 6.07) is 3.85. The van der Waals surface area contributed by atoms with Crippen molar-refractivity contribution in [3.8, 4) is 0 Å². The lowest BCUT2D eigenvalue weighted by molar-refractivity contribution is 0.0735. The Hall–Kier alpha value is -1.59. The standard InChI is InChI=1S/C14H12Cl2F2N2O/c1-7(9-5-8(17)3-4-11(9)18)20(2)14(21)12-6-10(15)13(16)19-12/h3-7,19H,1-2H3. The number of amides is 1. The fourth-order valence-corrected chi connectivity index (χ4v) is 2.24. The van der Waals surface area contributed by atoms with Crippen molar-refractivity contribution in [1.82, 2.24) is 9.88 Å². The number of H-pyrrole nitrogens is 1. The van der Waals surface area contributed by atoms with E-state index in [1.807, 2.05) is 0 Å². The zero-order chi connectivity index (χ0) is 15.7. The van der Waals surface area contributed by atoms with Gasteiger partial charge in [0, 0.05) is 12.6 Å². The second-order valence-electron chi connectivity index (χ2n) is 4.60. The third-order valence-corrected chi connectivity index (χ3v) is 3.96. The number of aromatic nitrogens is 1. The first-order valence-electron chi connectivity index (χ1n) is 6.07. The summed E-state index contributed by atoms with van der Waals surface area (Å²) in [6.07, 6.45) is 0. The molecule has 3 nitrogen and oxygen atoms in total. The van der Waals surface area contributed by atoms with Crippen LogP contribution in [0.25, 0.3) is 0 Å². The van der Waals surface area contributed by atoms with Gasteiger partial charge in [-0.25, -0.2) is 8.78 Å². The van der Waals surface area contributed by atoms with Gasteiger partial charge in [-0.05, 0) is 31.2 Å². The SMILES string of the molecule is CC(c1cc(F)ccc1F)N(C)C(=O)c1cc(Cl)c(Cl)[nH]1. The molecule has 2 rings (SSSR count). The van der Waals surface area contributed by atoms with Crippen molar-refractivity contribution in [2.45, 2.75) is 13.0 Å². The summed E-state index contributed by atoms with van der Waals surface area (Å²) in [6.45, 7) is 1.60. The lowest BCUT2D eigenvalue weighted by Crippen LogP contribution is -2.30. The number of benzene rings is 1. The Balaban J connectivity index is 2.28. The number of rotatable bonds is 3. The zero-order valence-electron chi connectivity index (χ0n) is 11.3. The molecule has 0 fully saturated rings. The summed E-state index contributed by atoms with van der Waals surface area (Å²) in [4.78, 5) is 16.2. The molecule has 1 amide bonds. The second kappa shape index (κ2) is 6.03. The molecule has 0 bridgehead atoms. The highest BCUT2D eigenvalue weighted by Crippen LogP contribution is 2.26. The molecular weight excluding hydrogens is 321 g/mol. The van der Waals surface area contributed by atoms with Crippen LogP contribution in [0.4, 0.5) is 8.78 Å². The Bertz CT molecular complexity index is 668. The van der Waals surface area contributed by atoms with Crippen LogP contribution < -0.4 is 0 Å². The van der Waals surface area contributed by atoms with Gasteiger partial charge in [-0.1, -0.05) is 23.2 Å². The van der Waals surface area contributed by atoms with E-state index in [-0.39, 0.29) is 21.4 Å². The van der Waals surface area contributed by atoms with Crippen LogP contribution in [0.1, 0.15) is 29.0 Å². The van der Waals surface area contributed by atoms with Crippen molar-refractivity contribution < 1.29 is 13.6 Å². The van der Waals surface area contributed by atoms with Crippen LogP contribution in [0, 0.1) is 11.6 Å². The molecule has 112 valence electrons. The topological polar surface area (TPSA) is 36.1 Å². The maximum atomic E-state index is 13.8. The van der Waals surface area contributed by atoms with E-state index < -0.39 is 23.6 Å². The minimum atomic E-state index is -0.658. The van der Waals surface area contributed by atoms with Crippen molar-refractivity contribution in [1.29, 1.82) is 0 Å². The van der Waals surface area contributed by atoms with Gasteiger partial charge >= 0.3 is 0 Å². The fourth-order valence-electron chi connectivity index (χ4n) is 1.93. The number of carbonyl (C=O) groups is 1. The molecule has 0 radical (unpaired) electrons. The number of hydrogen-bond donors (Lipinski definition) is 1. The summed E-state index contributed by atoms with van der Waals surface area (Å²) in [5.41, 5.74) is 0.269. The summed E-state index contributed by atoms with van der Waals surface area (Å²) in [5, 5.41) is 0.371. The Kier molecular flexibility index (Phi) is 4.54. The Morgan fingerprint density at radius 2 is 1.95 bits per heavy atom. The van der Waals surface area contributed by atoms with Crippen molar-refractivity contribution in [2.75, 3.05) is 7.05 Å². The fraction of sp³-hybridized carbons (Fsp3) is 0.214. The molecule has 2 aromatic rings.